The van der Waals surface area contributed by atoms with Crippen molar-refractivity contribution >= 4 is 5.91 Å². The van der Waals surface area contributed by atoms with Gasteiger partial charge >= 0.3 is 0 Å². The fourth-order valence-electron chi connectivity index (χ4n) is 0.774. The molecule has 0 aromatic rings. The van der Waals surface area contributed by atoms with Gasteiger partial charge in [-0.25, -0.2) is 8.78 Å². The SMILES string of the molecule is O=C1NCC[C@]1(F)CF. The molecule has 1 fully saturated rings. The molecular weight excluding hydrogens is 128 g/mol. The second-order valence-corrected chi connectivity index (χ2v) is 2.10. The van der Waals surface area contributed by atoms with Gasteiger partial charge in [0.05, 0.1) is 0 Å². The van der Waals surface area contributed by atoms with Gasteiger partial charge in [0.2, 0.25) is 5.67 Å². The fraction of sp³-hybridized carbons (Fsp3) is 0.800. The summed E-state index contributed by atoms with van der Waals surface area (Å²) < 4.78 is 24.3. The normalized spacial score (nSPS) is 34.7. The van der Waals surface area contributed by atoms with Crippen molar-refractivity contribution in [2.45, 2.75) is 12.1 Å². The zero-order valence-electron chi connectivity index (χ0n) is 4.79. The number of amides is 1. The zero-order chi connectivity index (χ0) is 6.91. The van der Waals surface area contributed by atoms with Gasteiger partial charge in [-0.2, -0.15) is 0 Å². The maximum absolute atomic E-state index is 12.6. The van der Waals surface area contributed by atoms with Crippen LogP contribution in [0.1, 0.15) is 6.42 Å². The van der Waals surface area contributed by atoms with Crippen LogP contribution in [0.5, 0.6) is 0 Å². The lowest BCUT2D eigenvalue weighted by molar-refractivity contribution is -0.130. The summed E-state index contributed by atoms with van der Waals surface area (Å²) >= 11 is 0. The highest BCUT2D eigenvalue weighted by atomic mass is 19.2. The van der Waals surface area contributed by atoms with Crippen molar-refractivity contribution in [2.75, 3.05) is 13.2 Å². The highest BCUT2D eigenvalue weighted by molar-refractivity contribution is 5.87. The van der Waals surface area contributed by atoms with Gasteiger partial charge in [0.25, 0.3) is 5.91 Å². The molecule has 1 rings (SSSR count). The van der Waals surface area contributed by atoms with Crippen LogP contribution in [-0.4, -0.2) is 24.8 Å². The van der Waals surface area contributed by atoms with Crippen LogP contribution in [0.3, 0.4) is 0 Å². The number of nitrogens with one attached hydrogen (secondary N) is 1. The number of carbonyl (C=O) groups excluding carboxylic acids is 1. The number of carbonyl (C=O) groups is 1. The van der Waals surface area contributed by atoms with Crippen molar-refractivity contribution in [2.24, 2.45) is 0 Å². The third kappa shape index (κ3) is 0.886. The predicted octanol–water partition coefficient (Wildman–Crippen LogP) is 0.184. The van der Waals surface area contributed by atoms with Crippen LogP contribution in [0.25, 0.3) is 0 Å². The number of hydrogen-bond acceptors (Lipinski definition) is 1. The second-order valence-electron chi connectivity index (χ2n) is 2.10. The molecule has 1 atom stereocenters. The highest BCUT2D eigenvalue weighted by Gasteiger charge is 2.42. The van der Waals surface area contributed by atoms with Gasteiger partial charge in [0.1, 0.15) is 6.67 Å². The maximum Gasteiger partial charge on any atom is 0.260 e. The third-order valence-corrected chi connectivity index (χ3v) is 1.43. The summed E-state index contributed by atoms with van der Waals surface area (Å²) in [4.78, 5) is 10.4. The van der Waals surface area contributed by atoms with Crippen LogP contribution in [0.15, 0.2) is 0 Å². The summed E-state index contributed by atoms with van der Waals surface area (Å²) in [5.41, 5.74) is -2.22. The molecule has 1 aliphatic rings. The lowest BCUT2D eigenvalue weighted by Gasteiger charge is -2.08. The Hall–Kier alpha value is -0.670. The van der Waals surface area contributed by atoms with E-state index in [1.165, 1.54) is 0 Å². The van der Waals surface area contributed by atoms with Gasteiger partial charge in [-0.15, -0.1) is 0 Å². The standard InChI is InChI=1S/C5H7F2NO/c6-3-5(7)1-2-8-4(5)9/h1-3H2,(H,8,9)/t5-/m0/s1. The molecule has 2 nitrogen and oxygen atoms in total. The van der Waals surface area contributed by atoms with Gasteiger partial charge in [0, 0.05) is 13.0 Å². The molecule has 0 spiro atoms. The number of alkyl halides is 2. The van der Waals surface area contributed by atoms with Crippen molar-refractivity contribution in [1.82, 2.24) is 5.32 Å². The number of hydrogen-bond donors (Lipinski definition) is 1. The summed E-state index contributed by atoms with van der Waals surface area (Å²) in [6, 6.07) is 0. The first-order chi connectivity index (χ1) is 4.19. The predicted molar refractivity (Wildman–Crippen MR) is 27.4 cm³/mol. The molecule has 0 bridgehead atoms. The van der Waals surface area contributed by atoms with E-state index in [0.29, 0.717) is 0 Å². The largest absolute Gasteiger partial charge is 0.353 e. The fourth-order valence-corrected chi connectivity index (χ4v) is 0.774. The molecule has 0 saturated carbocycles. The molecule has 1 aliphatic heterocycles. The minimum atomic E-state index is -2.22. The molecule has 1 heterocycles. The molecule has 4 heteroatoms. The van der Waals surface area contributed by atoms with Crippen molar-refractivity contribution in [3.05, 3.63) is 0 Å². The summed E-state index contributed by atoms with van der Waals surface area (Å²) in [5.74, 6) is -0.815. The van der Waals surface area contributed by atoms with E-state index in [-0.39, 0.29) is 13.0 Å². The summed E-state index contributed by atoms with van der Waals surface area (Å²) in [7, 11) is 0. The van der Waals surface area contributed by atoms with E-state index in [1.54, 1.807) is 0 Å². The first-order valence-electron chi connectivity index (χ1n) is 2.72. The van der Waals surface area contributed by atoms with Crippen molar-refractivity contribution in [3.63, 3.8) is 0 Å². The Balaban J connectivity index is 2.67. The van der Waals surface area contributed by atoms with E-state index in [0.717, 1.165) is 0 Å². The van der Waals surface area contributed by atoms with E-state index < -0.39 is 18.3 Å². The van der Waals surface area contributed by atoms with E-state index >= 15 is 0 Å². The van der Waals surface area contributed by atoms with E-state index in [9.17, 15) is 13.6 Å². The van der Waals surface area contributed by atoms with Crippen molar-refractivity contribution < 1.29 is 13.6 Å². The van der Waals surface area contributed by atoms with Gasteiger partial charge in [0.15, 0.2) is 0 Å². The molecule has 1 saturated heterocycles. The monoisotopic (exact) mass is 135 g/mol. The van der Waals surface area contributed by atoms with Crippen LogP contribution in [0, 0.1) is 0 Å². The van der Waals surface area contributed by atoms with Crippen LogP contribution in [0.2, 0.25) is 0 Å². The Kier molecular flexibility index (Phi) is 1.38. The van der Waals surface area contributed by atoms with Crippen molar-refractivity contribution in [3.8, 4) is 0 Å². The summed E-state index contributed by atoms with van der Waals surface area (Å²) in [6.45, 7) is -0.960. The highest BCUT2D eigenvalue weighted by Crippen LogP contribution is 2.20. The lowest BCUT2D eigenvalue weighted by Crippen LogP contribution is -2.35. The molecule has 0 aliphatic carbocycles. The van der Waals surface area contributed by atoms with Gasteiger partial charge < -0.3 is 5.32 Å². The van der Waals surface area contributed by atoms with Crippen LogP contribution in [-0.2, 0) is 4.79 Å². The van der Waals surface area contributed by atoms with E-state index in [1.807, 2.05) is 0 Å². The average Bonchev–Trinajstić information content (AvgIpc) is 2.15. The molecule has 0 aromatic carbocycles. The van der Waals surface area contributed by atoms with Gasteiger partial charge in [-0.3, -0.25) is 4.79 Å². The zero-order valence-corrected chi connectivity index (χ0v) is 4.79. The van der Waals surface area contributed by atoms with Crippen molar-refractivity contribution in [1.29, 1.82) is 0 Å². The lowest BCUT2D eigenvalue weighted by atomic mass is 10.1. The average molecular weight is 135 g/mol. The first kappa shape index (κ1) is 6.45. The molecule has 0 unspecified atom stereocenters. The van der Waals surface area contributed by atoms with Crippen LogP contribution >= 0.6 is 0 Å². The van der Waals surface area contributed by atoms with Gasteiger partial charge in [-0.1, -0.05) is 0 Å². The molecule has 1 amide bonds. The third-order valence-electron chi connectivity index (χ3n) is 1.43. The van der Waals surface area contributed by atoms with Crippen LogP contribution < -0.4 is 5.32 Å². The number of halogens is 2. The molecule has 9 heavy (non-hydrogen) atoms. The Labute approximate surface area is 51.2 Å². The molecule has 0 radical (unpaired) electrons. The Morgan fingerprint density at radius 1 is 1.78 bits per heavy atom. The minimum absolute atomic E-state index is 0.0394. The van der Waals surface area contributed by atoms with Crippen LogP contribution in [0.4, 0.5) is 8.78 Å². The minimum Gasteiger partial charge on any atom is -0.353 e. The van der Waals surface area contributed by atoms with E-state index in [4.69, 9.17) is 0 Å². The van der Waals surface area contributed by atoms with Gasteiger partial charge in [-0.05, 0) is 0 Å². The summed E-state index contributed by atoms with van der Waals surface area (Å²) in [6.07, 6.45) is -0.0394. The molecular formula is C5H7F2NO. The smallest absolute Gasteiger partial charge is 0.260 e. The van der Waals surface area contributed by atoms with E-state index in [2.05, 4.69) is 5.32 Å². The molecule has 0 aromatic heterocycles. The quantitative estimate of drug-likeness (QED) is 0.546. The topological polar surface area (TPSA) is 29.1 Å². The first-order valence-corrected chi connectivity index (χ1v) is 2.72. The summed E-state index contributed by atoms with van der Waals surface area (Å²) in [5, 5.41) is 2.21. The number of rotatable bonds is 1. The Morgan fingerprint density at radius 2 is 2.44 bits per heavy atom. The Morgan fingerprint density at radius 3 is 2.67 bits per heavy atom. The second kappa shape index (κ2) is 1.93. The molecule has 1 N–H and O–H groups in total. The Bertz CT molecular complexity index is 139. The molecule has 52 valence electrons. The maximum atomic E-state index is 12.6.